The number of carbonyl (C=O) groups is 1. The van der Waals surface area contributed by atoms with Gasteiger partial charge in [-0.1, -0.05) is 0 Å². The van der Waals surface area contributed by atoms with Gasteiger partial charge in [-0.05, 0) is 32.0 Å². The van der Waals surface area contributed by atoms with E-state index in [-0.39, 0.29) is 18.1 Å². The number of carbonyl (C=O) groups excluding carboxylic acids is 1. The van der Waals surface area contributed by atoms with Crippen LogP contribution in [0.25, 0.3) is 0 Å². The zero-order chi connectivity index (χ0) is 13.3. The second-order valence-electron chi connectivity index (χ2n) is 4.81. The topological polar surface area (TPSA) is 81.6 Å². The summed E-state index contributed by atoms with van der Waals surface area (Å²) in [5.74, 6) is -0.0606. The van der Waals surface area contributed by atoms with E-state index in [2.05, 4.69) is 0 Å². The number of benzene rings is 1. The van der Waals surface area contributed by atoms with Gasteiger partial charge in [-0.3, -0.25) is 4.79 Å². The number of nitrogens with two attached hydrogens (primary N) is 2. The minimum absolute atomic E-state index is 0.0488. The summed E-state index contributed by atoms with van der Waals surface area (Å²) >= 11 is 0. The summed E-state index contributed by atoms with van der Waals surface area (Å²) in [5, 5.41) is 0. The number of nitrogen functional groups attached to an aromatic ring is 2. The normalized spacial score (nSPS) is 24.0. The number of anilines is 2. The quantitative estimate of drug-likeness (QED) is 0.730. The Balaban J connectivity index is 2.20. The minimum Gasteiger partial charge on any atom is -0.399 e. The lowest BCUT2D eigenvalue weighted by Gasteiger charge is -2.35. The van der Waals surface area contributed by atoms with Crippen LogP contribution in [-0.4, -0.2) is 36.1 Å². The predicted molar refractivity (Wildman–Crippen MR) is 71.2 cm³/mol. The third-order valence-electron chi connectivity index (χ3n) is 3.01. The SMILES string of the molecule is C[C@@H]1CN(C(=O)c2ccc(N)cc2N)C[C@H](C)O1. The molecule has 0 unspecified atom stereocenters. The number of hydrogen-bond donors (Lipinski definition) is 2. The molecule has 0 saturated carbocycles. The molecule has 1 saturated heterocycles. The Labute approximate surface area is 107 Å². The van der Waals surface area contributed by atoms with Gasteiger partial charge < -0.3 is 21.1 Å². The molecule has 1 aliphatic heterocycles. The summed E-state index contributed by atoms with van der Waals surface area (Å²) in [4.78, 5) is 14.2. The molecule has 2 rings (SSSR count). The summed E-state index contributed by atoms with van der Waals surface area (Å²) in [5.41, 5.74) is 13.0. The lowest BCUT2D eigenvalue weighted by molar-refractivity contribution is -0.0585. The number of nitrogens with zero attached hydrogens (tertiary/aromatic N) is 1. The van der Waals surface area contributed by atoms with Crippen molar-refractivity contribution in [3.05, 3.63) is 23.8 Å². The molecule has 0 radical (unpaired) electrons. The van der Waals surface area contributed by atoms with Crippen molar-refractivity contribution in [2.75, 3.05) is 24.6 Å². The molecule has 2 atom stereocenters. The van der Waals surface area contributed by atoms with E-state index < -0.39 is 0 Å². The third-order valence-corrected chi connectivity index (χ3v) is 3.01. The fourth-order valence-electron chi connectivity index (χ4n) is 2.29. The highest BCUT2D eigenvalue weighted by atomic mass is 16.5. The van der Waals surface area contributed by atoms with Gasteiger partial charge in [0.1, 0.15) is 0 Å². The fourth-order valence-corrected chi connectivity index (χ4v) is 2.29. The van der Waals surface area contributed by atoms with Crippen LogP contribution in [0.5, 0.6) is 0 Å². The molecule has 0 bridgehead atoms. The van der Waals surface area contributed by atoms with Crippen molar-refractivity contribution in [2.24, 2.45) is 0 Å². The van der Waals surface area contributed by atoms with Crippen LogP contribution in [0, 0.1) is 0 Å². The maximum Gasteiger partial charge on any atom is 0.256 e. The standard InChI is InChI=1S/C13H19N3O2/c1-8-6-16(7-9(2)18-8)13(17)11-4-3-10(14)5-12(11)15/h3-5,8-9H,6-7,14-15H2,1-2H3/t8-,9+. The molecule has 1 aromatic rings. The summed E-state index contributed by atoms with van der Waals surface area (Å²) in [6, 6.07) is 4.98. The molecule has 1 fully saturated rings. The number of hydrogen-bond acceptors (Lipinski definition) is 4. The first-order chi connectivity index (χ1) is 8.47. The smallest absolute Gasteiger partial charge is 0.256 e. The molecule has 5 nitrogen and oxygen atoms in total. The van der Waals surface area contributed by atoms with Crippen molar-refractivity contribution in [1.29, 1.82) is 0 Å². The van der Waals surface area contributed by atoms with Gasteiger partial charge in [0.15, 0.2) is 0 Å². The molecule has 1 amide bonds. The van der Waals surface area contributed by atoms with Gasteiger partial charge in [-0.15, -0.1) is 0 Å². The first-order valence-corrected chi connectivity index (χ1v) is 6.07. The Hall–Kier alpha value is -1.75. The highest BCUT2D eigenvalue weighted by molar-refractivity contribution is 5.99. The number of amides is 1. The second-order valence-corrected chi connectivity index (χ2v) is 4.81. The van der Waals surface area contributed by atoms with E-state index in [1.807, 2.05) is 13.8 Å². The van der Waals surface area contributed by atoms with Gasteiger partial charge in [0.05, 0.1) is 17.8 Å². The maximum atomic E-state index is 12.4. The molecular weight excluding hydrogens is 230 g/mol. The molecule has 1 aliphatic rings. The van der Waals surface area contributed by atoms with Crippen LogP contribution < -0.4 is 11.5 Å². The molecule has 98 valence electrons. The molecule has 0 aromatic heterocycles. The van der Waals surface area contributed by atoms with E-state index in [1.165, 1.54) is 0 Å². The first kappa shape index (κ1) is 12.7. The van der Waals surface area contributed by atoms with E-state index in [0.29, 0.717) is 30.0 Å². The van der Waals surface area contributed by atoms with Crippen LogP contribution in [0.3, 0.4) is 0 Å². The van der Waals surface area contributed by atoms with Crippen molar-refractivity contribution < 1.29 is 9.53 Å². The van der Waals surface area contributed by atoms with Crippen LogP contribution in [-0.2, 0) is 4.74 Å². The van der Waals surface area contributed by atoms with Gasteiger partial charge in [0.2, 0.25) is 0 Å². The Morgan fingerprint density at radius 1 is 1.28 bits per heavy atom. The number of morpholine rings is 1. The molecule has 0 aliphatic carbocycles. The molecule has 1 aromatic carbocycles. The Morgan fingerprint density at radius 3 is 2.44 bits per heavy atom. The van der Waals surface area contributed by atoms with E-state index in [0.717, 1.165) is 0 Å². The van der Waals surface area contributed by atoms with Crippen LogP contribution in [0.1, 0.15) is 24.2 Å². The van der Waals surface area contributed by atoms with Crippen LogP contribution in [0.15, 0.2) is 18.2 Å². The summed E-state index contributed by atoms with van der Waals surface area (Å²) in [7, 11) is 0. The van der Waals surface area contributed by atoms with Gasteiger partial charge in [0.25, 0.3) is 5.91 Å². The molecule has 18 heavy (non-hydrogen) atoms. The van der Waals surface area contributed by atoms with Crippen LogP contribution in [0.2, 0.25) is 0 Å². The molecule has 4 N–H and O–H groups in total. The number of rotatable bonds is 1. The molecule has 0 spiro atoms. The van der Waals surface area contributed by atoms with Crippen LogP contribution in [0.4, 0.5) is 11.4 Å². The lowest BCUT2D eigenvalue weighted by Crippen LogP contribution is -2.48. The zero-order valence-corrected chi connectivity index (χ0v) is 10.7. The Bertz CT molecular complexity index is 452. The lowest BCUT2D eigenvalue weighted by atomic mass is 10.1. The number of ether oxygens (including phenoxy) is 1. The highest BCUT2D eigenvalue weighted by Crippen LogP contribution is 2.20. The largest absolute Gasteiger partial charge is 0.399 e. The predicted octanol–water partition coefficient (Wildman–Crippen LogP) is 1.10. The molecule has 1 heterocycles. The molecular formula is C13H19N3O2. The highest BCUT2D eigenvalue weighted by Gasteiger charge is 2.27. The van der Waals surface area contributed by atoms with Crippen molar-refractivity contribution >= 4 is 17.3 Å². The molecule has 5 heteroatoms. The Kier molecular flexibility index (Phi) is 3.43. The van der Waals surface area contributed by atoms with Gasteiger partial charge in [0, 0.05) is 24.5 Å². The second kappa shape index (κ2) is 4.86. The van der Waals surface area contributed by atoms with Gasteiger partial charge in [-0.25, -0.2) is 0 Å². The zero-order valence-electron chi connectivity index (χ0n) is 10.7. The Morgan fingerprint density at radius 2 is 1.89 bits per heavy atom. The average molecular weight is 249 g/mol. The monoisotopic (exact) mass is 249 g/mol. The van der Waals surface area contributed by atoms with Crippen molar-refractivity contribution in [3.63, 3.8) is 0 Å². The summed E-state index contributed by atoms with van der Waals surface area (Å²) in [6.45, 7) is 5.10. The third kappa shape index (κ3) is 2.56. The fraction of sp³-hybridized carbons (Fsp3) is 0.462. The van der Waals surface area contributed by atoms with Crippen molar-refractivity contribution in [3.8, 4) is 0 Å². The first-order valence-electron chi connectivity index (χ1n) is 6.07. The summed E-state index contributed by atoms with van der Waals surface area (Å²) < 4.78 is 5.61. The van der Waals surface area contributed by atoms with Crippen molar-refractivity contribution in [2.45, 2.75) is 26.1 Å². The van der Waals surface area contributed by atoms with Gasteiger partial charge >= 0.3 is 0 Å². The van der Waals surface area contributed by atoms with E-state index in [1.54, 1.807) is 23.1 Å². The van der Waals surface area contributed by atoms with Gasteiger partial charge in [-0.2, -0.15) is 0 Å². The summed E-state index contributed by atoms with van der Waals surface area (Å²) in [6.07, 6.45) is 0.0976. The van der Waals surface area contributed by atoms with E-state index in [4.69, 9.17) is 16.2 Å². The van der Waals surface area contributed by atoms with E-state index in [9.17, 15) is 4.79 Å². The van der Waals surface area contributed by atoms with Crippen molar-refractivity contribution in [1.82, 2.24) is 4.90 Å². The minimum atomic E-state index is -0.0606. The van der Waals surface area contributed by atoms with E-state index >= 15 is 0 Å². The maximum absolute atomic E-state index is 12.4. The van der Waals surface area contributed by atoms with Crippen LogP contribution >= 0.6 is 0 Å². The average Bonchev–Trinajstić information content (AvgIpc) is 2.26.